The van der Waals surface area contributed by atoms with Gasteiger partial charge >= 0.3 is 0 Å². The minimum absolute atomic E-state index is 0.260. The summed E-state index contributed by atoms with van der Waals surface area (Å²) in [5, 5.41) is 0. The summed E-state index contributed by atoms with van der Waals surface area (Å²) in [4.78, 5) is 16.6. The molecular formula is C13H25N3O. The van der Waals surface area contributed by atoms with E-state index in [1.807, 2.05) is 4.90 Å². The maximum Gasteiger partial charge on any atom is 0.222 e. The van der Waals surface area contributed by atoms with Crippen LogP contribution in [0.15, 0.2) is 0 Å². The van der Waals surface area contributed by atoms with Crippen LogP contribution in [0.4, 0.5) is 0 Å². The Morgan fingerprint density at radius 1 is 1.24 bits per heavy atom. The van der Waals surface area contributed by atoms with E-state index in [1.54, 1.807) is 0 Å². The van der Waals surface area contributed by atoms with E-state index in [0.29, 0.717) is 18.2 Å². The lowest BCUT2D eigenvalue weighted by Gasteiger charge is -2.34. The lowest BCUT2D eigenvalue weighted by atomic mass is 9.99. The van der Waals surface area contributed by atoms with Crippen LogP contribution in [0.5, 0.6) is 0 Å². The van der Waals surface area contributed by atoms with E-state index >= 15 is 0 Å². The Bertz CT molecular complexity index is 261. The van der Waals surface area contributed by atoms with Crippen LogP contribution in [-0.2, 0) is 4.79 Å². The Morgan fingerprint density at radius 2 is 1.94 bits per heavy atom. The topological polar surface area (TPSA) is 49.6 Å². The molecular weight excluding hydrogens is 214 g/mol. The minimum Gasteiger partial charge on any atom is -0.340 e. The van der Waals surface area contributed by atoms with Gasteiger partial charge in [0.05, 0.1) is 0 Å². The van der Waals surface area contributed by atoms with Gasteiger partial charge in [-0.15, -0.1) is 0 Å². The number of amides is 1. The fourth-order valence-corrected chi connectivity index (χ4v) is 2.99. The van der Waals surface area contributed by atoms with Crippen molar-refractivity contribution >= 4 is 5.91 Å². The number of carbonyl (C=O) groups is 1. The van der Waals surface area contributed by atoms with Crippen molar-refractivity contribution in [1.82, 2.24) is 9.80 Å². The van der Waals surface area contributed by atoms with Crippen LogP contribution in [0.1, 0.15) is 32.6 Å². The molecule has 1 saturated carbocycles. The Morgan fingerprint density at radius 3 is 2.47 bits per heavy atom. The monoisotopic (exact) mass is 239 g/mol. The predicted molar refractivity (Wildman–Crippen MR) is 68.6 cm³/mol. The number of hydrogen-bond acceptors (Lipinski definition) is 3. The molecule has 2 fully saturated rings. The van der Waals surface area contributed by atoms with E-state index in [2.05, 4.69) is 11.8 Å². The molecule has 1 saturated heterocycles. The SMILES string of the molecule is CCN1CCN(C(=O)C[C@@H]2CCC[C@H]2N)CC1. The van der Waals surface area contributed by atoms with E-state index < -0.39 is 0 Å². The van der Waals surface area contributed by atoms with Crippen LogP contribution in [0.25, 0.3) is 0 Å². The van der Waals surface area contributed by atoms with Gasteiger partial charge in [0, 0.05) is 38.6 Å². The number of hydrogen-bond donors (Lipinski definition) is 1. The summed E-state index contributed by atoms with van der Waals surface area (Å²) in [6.07, 6.45) is 4.11. The predicted octanol–water partition coefficient (Wildman–Crippen LogP) is 0.668. The van der Waals surface area contributed by atoms with E-state index in [-0.39, 0.29) is 6.04 Å². The second-order valence-corrected chi connectivity index (χ2v) is 5.37. The van der Waals surface area contributed by atoms with Gasteiger partial charge in [-0.05, 0) is 25.3 Å². The van der Waals surface area contributed by atoms with Crippen molar-refractivity contribution in [2.75, 3.05) is 32.7 Å². The summed E-state index contributed by atoms with van der Waals surface area (Å²) in [6, 6.07) is 0.260. The number of nitrogens with zero attached hydrogens (tertiary/aromatic N) is 2. The molecule has 1 amide bonds. The first kappa shape index (κ1) is 12.8. The third-order valence-electron chi connectivity index (χ3n) is 4.33. The van der Waals surface area contributed by atoms with Gasteiger partial charge in [-0.3, -0.25) is 4.79 Å². The highest BCUT2D eigenvalue weighted by Gasteiger charge is 2.28. The van der Waals surface area contributed by atoms with Crippen molar-refractivity contribution in [2.24, 2.45) is 11.7 Å². The van der Waals surface area contributed by atoms with Gasteiger partial charge in [0.1, 0.15) is 0 Å². The van der Waals surface area contributed by atoms with Crippen molar-refractivity contribution in [1.29, 1.82) is 0 Å². The Hall–Kier alpha value is -0.610. The van der Waals surface area contributed by atoms with Crippen LogP contribution < -0.4 is 5.73 Å². The minimum atomic E-state index is 0.260. The average molecular weight is 239 g/mol. The number of piperazine rings is 1. The molecule has 1 heterocycles. The van der Waals surface area contributed by atoms with Crippen LogP contribution in [0, 0.1) is 5.92 Å². The summed E-state index contributed by atoms with van der Waals surface area (Å²) >= 11 is 0. The summed E-state index contributed by atoms with van der Waals surface area (Å²) in [5.74, 6) is 0.759. The molecule has 0 aromatic carbocycles. The van der Waals surface area contributed by atoms with E-state index in [0.717, 1.165) is 45.6 Å². The summed E-state index contributed by atoms with van der Waals surface area (Å²) in [5.41, 5.74) is 6.02. The third-order valence-corrected chi connectivity index (χ3v) is 4.33. The molecule has 0 spiro atoms. The highest BCUT2D eigenvalue weighted by atomic mass is 16.2. The molecule has 2 atom stereocenters. The van der Waals surface area contributed by atoms with Gasteiger partial charge in [0.25, 0.3) is 0 Å². The summed E-state index contributed by atoms with van der Waals surface area (Å²) in [7, 11) is 0. The van der Waals surface area contributed by atoms with E-state index in [9.17, 15) is 4.79 Å². The van der Waals surface area contributed by atoms with Crippen molar-refractivity contribution in [3.05, 3.63) is 0 Å². The lowest BCUT2D eigenvalue weighted by molar-refractivity contribution is -0.134. The van der Waals surface area contributed by atoms with Crippen molar-refractivity contribution in [2.45, 2.75) is 38.6 Å². The smallest absolute Gasteiger partial charge is 0.222 e. The van der Waals surface area contributed by atoms with Crippen LogP contribution >= 0.6 is 0 Å². The van der Waals surface area contributed by atoms with Gasteiger partial charge < -0.3 is 15.5 Å². The molecule has 1 aliphatic carbocycles. The highest BCUT2D eigenvalue weighted by molar-refractivity contribution is 5.76. The molecule has 4 heteroatoms. The molecule has 0 aromatic rings. The molecule has 0 radical (unpaired) electrons. The Kier molecular flexibility index (Phi) is 4.40. The molecule has 0 aromatic heterocycles. The fourth-order valence-electron chi connectivity index (χ4n) is 2.99. The number of nitrogens with two attached hydrogens (primary N) is 1. The van der Waals surface area contributed by atoms with Crippen LogP contribution in [0.2, 0.25) is 0 Å². The zero-order valence-corrected chi connectivity index (χ0v) is 10.9. The number of rotatable bonds is 3. The van der Waals surface area contributed by atoms with Crippen molar-refractivity contribution in [3.8, 4) is 0 Å². The molecule has 17 heavy (non-hydrogen) atoms. The molecule has 0 unspecified atom stereocenters. The van der Waals surface area contributed by atoms with Crippen LogP contribution in [-0.4, -0.2) is 54.5 Å². The van der Waals surface area contributed by atoms with E-state index in [1.165, 1.54) is 6.42 Å². The molecule has 4 nitrogen and oxygen atoms in total. The zero-order chi connectivity index (χ0) is 12.3. The maximum atomic E-state index is 12.1. The van der Waals surface area contributed by atoms with Gasteiger partial charge in [0.2, 0.25) is 5.91 Å². The molecule has 0 bridgehead atoms. The second-order valence-electron chi connectivity index (χ2n) is 5.37. The quantitative estimate of drug-likeness (QED) is 0.787. The Labute approximate surface area is 104 Å². The highest BCUT2D eigenvalue weighted by Crippen LogP contribution is 2.27. The van der Waals surface area contributed by atoms with Crippen molar-refractivity contribution < 1.29 is 4.79 Å². The van der Waals surface area contributed by atoms with Crippen molar-refractivity contribution in [3.63, 3.8) is 0 Å². The normalized spacial score (nSPS) is 30.8. The number of likely N-dealkylation sites (N-methyl/N-ethyl adjacent to an activating group) is 1. The van der Waals surface area contributed by atoms with Gasteiger partial charge in [0.15, 0.2) is 0 Å². The molecule has 1 aliphatic heterocycles. The summed E-state index contributed by atoms with van der Waals surface area (Å²) < 4.78 is 0. The zero-order valence-electron chi connectivity index (χ0n) is 10.9. The first-order valence-corrected chi connectivity index (χ1v) is 6.96. The third kappa shape index (κ3) is 3.19. The molecule has 2 rings (SSSR count). The first-order valence-electron chi connectivity index (χ1n) is 6.96. The standard InChI is InChI=1S/C13H25N3O/c1-2-15-6-8-16(9-7-15)13(17)10-11-4-3-5-12(11)14/h11-12H,2-10,14H2,1H3/t11-,12+/m0/s1. The average Bonchev–Trinajstić information content (AvgIpc) is 2.75. The van der Waals surface area contributed by atoms with E-state index in [4.69, 9.17) is 5.73 Å². The molecule has 2 aliphatic rings. The fraction of sp³-hybridized carbons (Fsp3) is 0.923. The number of carbonyl (C=O) groups excluding carboxylic acids is 1. The maximum absolute atomic E-state index is 12.1. The van der Waals surface area contributed by atoms with Crippen LogP contribution in [0.3, 0.4) is 0 Å². The Balaban J connectivity index is 1.77. The lowest BCUT2D eigenvalue weighted by Crippen LogP contribution is -2.49. The molecule has 2 N–H and O–H groups in total. The first-order chi connectivity index (χ1) is 8.20. The van der Waals surface area contributed by atoms with Gasteiger partial charge in [-0.2, -0.15) is 0 Å². The summed E-state index contributed by atoms with van der Waals surface area (Å²) in [6.45, 7) is 7.12. The van der Waals surface area contributed by atoms with Gasteiger partial charge in [-0.1, -0.05) is 13.3 Å². The second kappa shape index (κ2) is 5.83. The van der Waals surface area contributed by atoms with Gasteiger partial charge in [-0.25, -0.2) is 0 Å². The molecule has 98 valence electrons. The largest absolute Gasteiger partial charge is 0.340 e.